The first-order valence-corrected chi connectivity index (χ1v) is 13.7. The van der Waals surface area contributed by atoms with Gasteiger partial charge in [-0.2, -0.15) is 0 Å². The summed E-state index contributed by atoms with van der Waals surface area (Å²) in [5, 5.41) is 6.91. The molecule has 4 aromatic rings. The predicted octanol–water partition coefficient (Wildman–Crippen LogP) is 4.62. The number of halogens is 1. The van der Waals surface area contributed by atoms with E-state index in [2.05, 4.69) is 15.6 Å². The van der Waals surface area contributed by atoms with E-state index in [1.165, 1.54) is 12.1 Å². The summed E-state index contributed by atoms with van der Waals surface area (Å²) in [5.41, 5.74) is 5.12. The predicted molar refractivity (Wildman–Crippen MR) is 150 cm³/mol. The molecule has 1 aromatic heterocycles. The van der Waals surface area contributed by atoms with E-state index in [1.54, 1.807) is 23.1 Å². The maximum absolute atomic E-state index is 14.0. The number of hydrogen-bond acceptors (Lipinski definition) is 3. The number of fused-ring (bicyclic) bond motifs is 7. The molecule has 204 valence electrons. The Morgan fingerprint density at radius 2 is 1.77 bits per heavy atom. The van der Waals surface area contributed by atoms with Gasteiger partial charge in [-0.1, -0.05) is 68.8 Å². The average molecular weight is 539 g/mol. The molecule has 40 heavy (non-hydrogen) atoms. The van der Waals surface area contributed by atoms with Gasteiger partial charge in [-0.3, -0.25) is 14.4 Å². The molecule has 0 fully saturated rings. The molecule has 4 unspecified atom stereocenters. The Kier molecular flexibility index (Phi) is 6.62. The highest BCUT2D eigenvalue weighted by molar-refractivity contribution is 6.04. The number of H-pyrrole nitrogens is 1. The van der Waals surface area contributed by atoms with Crippen LogP contribution in [0.15, 0.2) is 72.8 Å². The Balaban J connectivity index is 1.31. The van der Waals surface area contributed by atoms with Crippen molar-refractivity contribution in [1.29, 1.82) is 0 Å². The maximum Gasteiger partial charge on any atom is 0.255 e. The van der Waals surface area contributed by atoms with Crippen LogP contribution in [0.3, 0.4) is 0 Å². The van der Waals surface area contributed by atoms with E-state index in [1.807, 2.05) is 56.3 Å². The molecule has 0 radical (unpaired) electrons. The Morgan fingerprint density at radius 1 is 1.05 bits per heavy atom. The van der Waals surface area contributed by atoms with Crippen LogP contribution < -0.4 is 10.6 Å². The minimum atomic E-state index is -0.791. The third-order valence-corrected chi connectivity index (χ3v) is 8.33. The summed E-state index contributed by atoms with van der Waals surface area (Å²) in [5.74, 6) is -1.35. The summed E-state index contributed by atoms with van der Waals surface area (Å²) >= 11 is 0. The third-order valence-electron chi connectivity index (χ3n) is 8.33. The van der Waals surface area contributed by atoms with Crippen molar-refractivity contribution < 1.29 is 18.8 Å². The molecule has 6 rings (SSSR count). The summed E-state index contributed by atoms with van der Waals surface area (Å²) in [6.07, 6.45) is 1.01. The number of benzene rings is 3. The first-order valence-electron chi connectivity index (χ1n) is 13.7. The van der Waals surface area contributed by atoms with Gasteiger partial charge >= 0.3 is 0 Å². The molecular weight excluding hydrogens is 507 g/mol. The van der Waals surface area contributed by atoms with Crippen LogP contribution in [0.5, 0.6) is 0 Å². The van der Waals surface area contributed by atoms with Gasteiger partial charge in [0.05, 0.1) is 6.04 Å². The number of rotatable bonds is 7. The highest BCUT2D eigenvalue weighted by atomic mass is 19.1. The molecule has 0 saturated heterocycles. The zero-order chi connectivity index (χ0) is 28.0. The van der Waals surface area contributed by atoms with E-state index in [9.17, 15) is 18.8 Å². The van der Waals surface area contributed by atoms with E-state index < -0.39 is 18.1 Å². The number of aromatic nitrogens is 1. The molecule has 2 aliphatic rings. The fourth-order valence-corrected chi connectivity index (χ4v) is 5.99. The highest BCUT2D eigenvalue weighted by Gasteiger charge is 2.49. The van der Waals surface area contributed by atoms with Crippen LogP contribution in [0.25, 0.3) is 10.9 Å². The lowest BCUT2D eigenvalue weighted by Gasteiger charge is -2.38. The van der Waals surface area contributed by atoms with Crippen LogP contribution in [0, 0.1) is 11.7 Å². The summed E-state index contributed by atoms with van der Waals surface area (Å²) in [6, 6.07) is 19.4. The number of aromatic amines is 1. The molecule has 4 atom stereocenters. The Bertz CT molecular complexity index is 1610. The molecule has 3 aromatic carbocycles. The number of para-hydroxylation sites is 1. The molecule has 0 bridgehead atoms. The van der Waals surface area contributed by atoms with Crippen molar-refractivity contribution >= 4 is 28.6 Å². The number of amides is 3. The second-order valence-corrected chi connectivity index (χ2v) is 10.7. The van der Waals surface area contributed by atoms with Crippen molar-refractivity contribution in [3.63, 3.8) is 0 Å². The largest absolute Gasteiger partial charge is 0.356 e. The van der Waals surface area contributed by atoms with E-state index in [4.69, 9.17) is 0 Å². The number of nitrogens with zero attached hydrogens (tertiary/aromatic N) is 1. The van der Waals surface area contributed by atoms with Crippen LogP contribution >= 0.6 is 0 Å². The van der Waals surface area contributed by atoms with Crippen molar-refractivity contribution in [2.45, 2.75) is 51.4 Å². The van der Waals surface area contributed by atoms with Gasteiger partial charge in [-0.05, 0) is 46.9 Å². The van der Waals surface area contributed by atoms with Gasteiger partial charge in [-0.25, -0.2) is 4.39 Å². The van der Waals surface area contributed by atoms with Crippen LogP contribution in [0.1, 0.15) is 59.1 Å². The normalized spacial score (nSPS) is 19.0. The molecular formula is C32H31FN4O3. The Morgan fingerprint density at radius 3 is 2.55 bits per heavy atom. The molecule has 3 amide bonds. The summed E-state index contributed by atoms with van der Waals surface area (Å²) < 4.78 is 13.3. The van der Waals surface area contributed by atoms with Crippen LogP contribution in [-0.4, -0.2) is 39.7 Å². The number of carbonyl (C=O) groups excluding carboxylic acids is 3. The lowest BCUT2D eigenvalue weighted by atomic mass is 9.89. The van der Waals surface area contributed by atoms with Gasteiger partial charge in [0.2, 0.25) is 11.8 Å². The molecule has 0 saturated carbocycles. The number of hydrogen-bond donors (Lipinski definition) is 3. The summed E-state index contributed by atoms with van der Waals surface area (Å²) in [4.78, 5) is 46.2. The zero-order valence-electron chi connectivity index (χ0n) is 22.4. The van der Waals surface area contributed by atoms with Crippen LogP contribution in [-0.2, 0) is 22.6 Å². The van der Waals surface area contributed by atoms with Gasteiger partial charge in [0, 0.05) is 35.1 Å². The highest BCUT2D eigenvalue weighted by Crippen LogP contribution is 2.46. The lowest BCUT2D eigenvalue weighted by Crippen LogP contribution is -2.58. The molecule has 3 heterocycles. The first-order chi connectivity index (χ1) is 19.4. The minimum absolute atomic E-state index is 0.147. The Hall–Kier alpha value is -4.46. The maximum atomic E-state index is 14.0. The fraction of sp³-hybridized carbons (Fsp3) is 0.281. The van der Waals surface area contributed by atoms with Gasteiger partial charge in [-0.15, -0.1) is 0 Å². The second kappa shape index (κ2) is 10.3. The topological polar surface area (TPSA) is 94.3 Å². The van der Waals surface area contributed by atoms with Crippen molar-refractivity contribution in [3.05, 3.63) is 107 Å². The quantitative estimate of drug-likeness (QED) is 0.320. The second-order valence-electron chi connectivity index (χ2n) is 10.7. The van der Waals surface area contributed by atoms with Gasteiger partial charge in [0.25, 0.3) is 5.91 Å². The molecule has 2 aliphatic heterocycles. The molecule has 7 nitrogen and oxygen atoms in total. The monoisotopic (exact) mass is 538 g/mol. The van der Waals surface area contributed by atoms with E-state index >= 15 is 0 Å². The summed E-state index contributed by atoms with van der Waals surface area (Å²) in [6.45, 7) is 4.10. The van der Waals surface area contributed by atoms with Crippen LogP contribution in [0.2, 0.25) is 0 Å². The van der Waals surface area contributed by atoms with Crippen molar-refractivity contribution in [2.75, 3.05) is 0 Å². The van der Waals surface area contributed by atoms with E-state index in [-0.39, 0.29) is 36.0 Å². The average Bonchev–Trinajstić information content (AvgIpc) is 3.50. The zero-order valence-corrected chi connectivity index (χ0v) is 22.4. The smallest absolute Gasteiger partial charge is 0.255 e. The molecule has 3 N–H and O–H groups in total. The van der Waals surface area contributed by atoms with Gasteiger partial charge in [0.15, 0.2) is 0 Å². The van der Waals surface area contributed by atoms with Crippen molar-refractivity contribution in [1.82, 2.24) is 20.5 Å². The number of carbonyl (C=O) groups is 3. The molecule has 8 heteroatoms. The van der Waals surface area contributed by atoms with E-state index in [0.29, 0.717) is 18.4 Å². The van der Waals surface area contributed by atoms with Crippen molar-refractivity contribution in [3.8, 4) is 0 Å². The van der Waals surface area contributed by atoms with E-state index in [0.717, 1.165) is 33.3 Å². The fourth-order valence-electron chi connectivity index (χ4n) is 5.99. The minimum Gasteiger partial charge on any atom is -0.356 e. The summed E-state index contributed by atoms with van der Waals surface area (Å²) in [7, 11) is 0. The molecule has 0 aliphatic carbocycles. The Labute approximate surface area is 231 Å². The van der Waals surface area contributed by atoms with Gasteiger partial charge < -0.3 is 20.5 Å². The standard InChI is InChI=1S/C32H31FN4O3/c1-3-18(2)27(31(39)34-17-19-12-14-20(33)15-13-19)36-30(38)26-16-24-21-8-6-7-11-25(21)35-28(24)29-22-9-4-5-10-23(22)32(40)37(26)29/h4-15,18,26-27,29,35H,3,16-17H2,1-2H3,(H,34,39)(H,36,38). The van der Waals surface area contributed by atoms with Gasteiger partial charge in [0.1, 0.15) is 17.9 Å². The third kappa shape index (κ3) is 4.33. The number of nitrogens with one attached hydrogen (secondary N) is 3. The van der Waals surface area contributed by atoms with Crippen molar-refractivity contribution in [2.24, 2.45) is 5.92 Å². The lowest BCUT2D eigenvalue weighted by molar-refractivity contribution is -0.133. The van der Waals surface area contributed by atoms with Crippen LogP contribution in [0.4, 0.5) is 4.39 Å². The first kappa shape index (κ1) is 25.8. The molecule has 0 spiro atoms. The SMILES string of the molecule is CCC(C)C(NC(=O)C1Cc2c([nH]c3ccccc23)C2c3ccccc3C(=O)N12)C(=O)NCc1ccc(F)cc1.